The molecule has 0 unspecified atom stereocenters. The minimum Gasteiger partial charge on any atom is -0.494 e. The van der Waals surface area contributed by atoms with Gasteiger partial charge in [0, 0.05) is 24.7 Å². The third kappa shape index (κ3) is 5.75. The van der Waals surface area contributed by atoms with Crippen LogP contribution in [-0.4, -0.2) is 49.1 Å². The first-order valence-corrected chi connectivity index (χ1v) is 10.5. The molecule has 0 spiro atoms. The van der Waals surface area contributed by atoms with Crippen molar-refractivity contribution in [1.82, 2.24) is 10.2 Å². The maximum absolute atomic E-state index is 12.5. The van der Waals surface area contributed by atoms with Gasteiger partial charge in [-0.3, -0.25) is 9.59 Å². The quantitative estimate of drug-likeness (QED) is 0.759. The van der Waals surface area contributed by atoms with Crippen LogP contribution in [0, 0.1) is 13.8 Å². The average Bonchev–Trinajstić information content (AvgIpc) is 2.75. The van der Waals surface area contributed by atoms with E-state index in [0.717, 1.165) is 24.2 Å². The lowest BCUT2D eigenvalue weighted by Crippen LogP contribution is -2.47. The van der Waals surface area contributed by atoms with Gasteiger partial charge in [0.15, 0.2) is 6.61 Å². The number of carbonyl (C=O) groups is 2. The van der Waals surface area contributed by atoms with Gasteiger partial charge in [-0.1, -0.05) is 6.07 Å². The van der Waals surface area contributed by atoms with Crippen LogP contribution in [0.3, 0.4) is 0 Å². The maximum Gasteiger partial charge on any atom is 0.260 e. The van der Waals surface area contributed by atoms with Gasteiger partial charge < -0.3 is 19.7 Å². The Labute approximate surface area is 178 Å². The molecule has 0 atom stereocenters. The highest BCUT2D eigenvalue weighted by atomic mass is 16.5. The SMILES string of the molecule is CCOc1ccc(C(=O)NC2CCN(C(=O)COc3ccc(C)c(C)c3)CC2)cc1. The molecule has 0 bridgehead atoms. The molecule has 0 aliphatic carbocycles. The van der Waals surface area contributed by atoms with Crippen LogP contribution < -0.4 is 14.8 Å². The molecule has 0 radical (unpaired) electrons. The molecule has 2 aromatic carbocycles. The standard InChI is InChI=1S/C24H30N2O4/c1-4-29-21-9-6-19(7-10-21)24(28)25-20-11-13-26(14-12-20)23(27)16-30-22-8-5-17(2)18(3)15-22/h5-10,15,20H,4,11-14,16H2,1-3H3,(H,25,28). The van der Waals surface area contributed by atoms with Crippen molar-refractivity contribution in [3.8, 4) is 11.5 Å². The molecule has 1 aliphatic heterocycles. The molecule has 1 fully saturated rings. The zero-order valence-corrected chi connectivity index (χ0v) is 17.9. The fourth-order valence-corrected chi connectivity index (χ4v) is 3.45. The van der Waals surface area contributed by atoms with Crippen molar-refractivity contribution >= 4 is 11.8 Å². The smallest absolute Gasteiger partial charge is 0.260 e. The van der Waals surface area contributed by atoms with Crippen LogP contribution in [0.2, 0.25) is 0 Å². The number of rotatable bonds is 7. The van der Waals surface area contributed by atoms with E-state index in [0.29, 0.717) is 31.0 Å². The highest BCUT2D eigenvalue weighted by molar-refractivity contribution is 5.94. The number of piperidine rings is 1. The molecule has 6 heteroatoms. The summed E-state index contributed by atoms with van der Waals surface area (Å²) in [7, 11) is 0. The largest absolute Gasteiger partial charge is 0.494 e. The van der Waals surface area contributed by atoms with E-state index in [-0.39, 0.29) is 24.5 Å². The van der Waals surface area contributed by atoms with Crippen molar-refractivity contribution in [2.45, 2.75) is 39.7 Å². The number of hydrogen-bond acceptors (Lipinski definition) is 4. The normalized spacial score (nSPS) is 14.3. The predicted molar refractivity (Wildman–Crippen MR) is 116 cm³/mol. The van der Waals surface area contributed by atoms with Gasteiger partial charge in [-0.15, -0.1) is 0 Å². The molecular formula is C24H30N2O4. The highest BCUT2D eigenvalue weighted by Crippen LogP contribution is 2.18. The van der Waals surface area contributed by atoms with Crippen LogP contribution in [0.15, 0.2) is 42.5 Å². The second-order valence-corrected chi connectivity index (χ2v) is 7.62. The molecule has 3 rings (SSSR count). The van der Waals surface area contributed by atoms with E-state index >= 15 is 0 Å². The van der Waals surface area contributed by atoms with Crippen molar-refractivity contribution in [2.75, 3.05) is 26.3 Å². The van der Waals surface area contributed by atoms with E-state index in [4.69, 9.17) is 9.47 Å². The topological polar surface area (TPSA) is 67.9 Å². The zero-order chi connectivity index (χ0) is 21.5. The molecule has 0 saturated carbocycles. The minimum absolute atomic E-state index is 0.0236. The number of aryl methyl sites for hydroxylation is 2. The summed E-state index contributed by atoms with van der Waals surface area (Å²) in [5, 5.41) is 3.07. The number of carbonyl (C=O) groups excluding carboxylic acids is 2. The molecule has 2 amide bonds. The number of nitrogens with one attached hydrogen (secondary N) is 1. The number of benzene rings is 2. The number of hydrogen-bond donors (Lipinski definition) is 1. The Hall–Kier alpha value is -3.02. The zero-order valence-electron chi connectivity index (χ0n) is 17.9. The van der Waals surface area contributed by atoms with E-state index in [1.807, 2.05) is 39.0 Å². The molecule has 1 aliphatic rings. The fraction of sp³-hybridized carbons (Fsp3) is 0.417. The van der Waals surface area contributed by atoms with Crippen molar-refractivity contribution in [2.24, 2.45) is 0 Å². The highest BCUT2D eigenvalue weighted by Gasteiger charge is 2.24. The number of ether oxygens (including phenoxy) is 2. The van der Waals surface area contributed by atoms with Crippen molar-refractivity contribution < 1.29 is 19.1 Å². The summed E-state index contributed by atoms with van der Waals surface area (Å²) in [6.07, 6.45) is 1.47. The van der Waals surface area contributed by atoms with Crippen LogP contribution in [0.4, 0.5) is 0 Å². The van der Waals surface area contributed by atoms with Crippen LogP contribution in [0.25, 0.3) is 0 Å². The van der Waals surface area contributed by atoms with Gasteiger partial charge >= 0.3 is 0 Å². The average molecular weight is 411 g/mol. The number of nitrogens with zero attached hydrogens (tertiary/aromatic N) is 1. The molecule has 1 heterocycles. The first-order chi connectivity index (χ1) is 14.5. The van der Waals surface area contributed by atoms with E-state index < -0.39 is 0 Å². The summed E-state index contributed by atoms with van der Waals surface area (Å²) in [6, 6.07) is 13.0. The minimum atomic E-state index is -0.0964. The molecule has 1 saturated heterocycles. The molecule has 2 aromatic rings. The summed E-state index contributed by atoms with van der Waals surface area (Å²) in [6.45, 7) is 7.85. The van der Waals surface area contributed by atoms with Crippen LogP contribution >= 0.6 is 0 Å². The Bertz CT molecular complexity index is 871. The second-order valence-electron chi connectivity index (χ2n) is 7.62. The maximum atomic E-state index is 12.5. The third-order valence-electron chi connectivity index (χ3n) is 5.45. The van der Waals surface area contributed by atoms with Crippen molar-refractivity contribution in [3.05, 3.63) is 59.2 Å². The fourth-order valence-electron chi connectivity index (χ4n) is 3.45. The van der Waals surface area contributed by atoms with Crippen molar-refractivity contribution in [1.29, 1.82) is 0 Å². The molecule has 6 nitrogen and oxygen atoms in total. The predicted octanol–water partition coefficient (Wildman–Crippen LogP) is 3.50. The first kappa shape index (κ1) is 21.7. The van der Waals surface area contributed by atoms with Crippen LogP contribution in [-0.2, 0) is 4.79 Å². The summed E-state index contributed by atoms with van der Waals surface area (Å²) >= 11 is 0. The van der Waals surface area contributed by atoms with Crippen LogP contribution in [0.5, 0.6) is 11.5 Å². The molecule has 0 aromatic heterocycles. The van der Waals surface area contributed by atoms with Gasteiger partial charge in [0.05, 0.1) is 6.61 Å². The van der Waals surface area contributed by atoms with Crippen LogP contribution in [0.1, 0.15) is 41.3 Å². The molecule has 30 heavy (non-hydrogen) atoms. The number of amides is 2. The monoisotopic (exact) mass is 410 g/mol. The third-order valence-corrected chi connectivity index (χ3v) is 5.45. The Kier molecular flexibility index (Phi) is 7.33. The number of likely N-dealkylation sites (tertiary alicyclic amines) is 1. The van der Waals surface area contributed by atoms with E-state index in [1.54, 1.807) is 29.2 Å². The lowest BCUT2D eigenvalue weighted by Gasteiger charge is -2.32. The molecular weight excluding hydrogens is 380 g/mol. The lowest BCUT2D eigenvalue weighted by atomic mass is 10.0. The van der Waals surface area contributed by atoms with E-state index in [1.165, 1.54) is 5.56 Å². The Balaban J connectivity index is 1.42. The summed E-state index contributed by atoms with van der Waals surface area (Å²) in [5.41, 5.74) is 2.95. The molecule has 1 N–H and O–H groups in total. The molecule has 160 valence electrons. The first-order valence-electron chi connectivity index (χ1n) is 10.5. The van der Waals surface area contributed by atoms with E-state index in [2.05, 4.69) is 5.32 Å². The van der Waals surface area contributed by atoms with E-state index in [9.17, 15) is 9.59 Å². The van der Waals surface area contributed by atoms with Gasteiger partial charge in [0.25, 0.3) is 11.8 Å². The van der Waals surface area contributed by atoms with Gasteiger partial charge in [0.1, 0.15) is 11.5 Å². The summed E-state index contributed by atoms with van der Waals surface area (Å²) in [5.74, 6) is 1.35. The lowest BCUT2D eigenvalue weighted by molar-refractivity contribution is -0.134. The Morgan fingerprint density at radius 1 is 0.967 bits per heavy atom. The summed E-state index contributed by atoms with van der Waals surface area (Å²) < 4.78 is 11.1. The Morgan fingerprint density at radius 3 is 2.27 bits per heavy atom. The Morgan fingerprint density at radius 2 is 1.63 bits per heavy atom. The van der Waals surface area contributed by atoms with Crippen molar-refractivity contribution in [3.63, 3.8) is 0 Å². The van der Waals surface area contributed by atoms with Gasteiger partial charge in [-0.05, 0) is 81.1 Å². The van der Waals surface area contributed by atoms with Gasteiger partial charge in [-0.2, -0.15) is 0 Å². The van der Waals surface area contributed by atoms with Gasteiger partial charge in [-0.25, -0.2) is 0 Å². The van der Waals surface area contributed by atoms with Gasteiger partial charge in [0.2, 0.25) is 0 Å². The second kappa shape index (κ2) is 10.1. The summed E-state index contributed by atoms with van der Waals surface area (Å²) in [4.78, 5) is 26.7.